The Morgan fingerprint density at radius 3 is 1.76 bits per heavy atom. The predicted molar refractivity (Wildman–Crippen MR) is 89.0 cm³/mol. The van der Waals surface area contributed by atoms with E-state index in [1.807, 2.05) is 0 Å². The highest BCUT2D eigenvalue weighted by atomic mass is 127. The van der Waals surface area contributed by atoms with Gasteiger partial charge in [-0.2, -0.15) is 0 Å². The second-order valence-corrected chi connectivity index (χ2v) is 9.77. The van der Waals surface area contributed by atoms with Crippen LogP contribution in [0.3, 0.4) is 0 Å². The SMILES string of the molecule is CCC(C)CC(C)(I)CC(C)CC(C)(C)CC. The lowest BCUT2D eigenvalue weighted by Crippen LogP contribution is -2.25. The van der Waals surface area contributed by atoms with E-state index in [9.17, 15) is 0 Å². The molecule has 0 amide bonds. The minimum Gasteiger partial charge on any atom is -0.0792 e. The van der Waals surface area contributed by atoms with Crippen LogP contribution in [0.1, 0.15) is 80.6 Å². The molecule has 0 aromatic carbocycles. The van der Waals surface area contributed by atoms with Gasteiger partial charge in [-0.05, 0) is 36.5 Å². The molecule has 0 rings (SSSR count). The quantitative estimate of drug-likeness (QED) is 0.347. The predicted octanol–water partition coefficient (Wildman–Crippen LogP) is 6.47. The fourth-order valence-electron chi connectivity index (χ4n) is 2.84. The average Bonchev–Trinajstić information content (AvgIpc) is 2.14. The normalized spacial score (nSPS) is 19.8. The van der Waals surface area contributed by atoms with E-state index in [4.69, 9.17) is 0 Å². The lowest BCUT2D eigenvalue weighted by molar-refractivity contribution is 0.244. The molecule has 0 nitrogen and oxygen atoms in total. The van der Waals surface area contributed by atoms with Crippen molar-refractivity contribution in [3.63, 3.8) is 0 Å². The maximum atomic E-state index is 2.69. The Morgan fingerprint density at radius 2 is 1.35 bits per heavy atom. The molecule has 0 aliphatic carbocycles. The number of halogens is 1. The Kier molecular flexibility index (Phi) is 7.67. The third-order valence-corrected chi connectivity index (χ3v) is 4.98. The standard InChI is InChI=1S/C16H33I/c1-8-13(3)11-16(7,17)12-14(4)10-15(5,6)9-2/h13-14H,8-12H2,1-7H3. The largest absolute Gasteiger partial charge is 0.0792 e. The monoisotopic (exact) mass is 352 g/mol. The molecule has 0 bridgehead atoms. The number of hydrogen-bond donors (Lipinski definition) is 0. The van der Waals surface area contributed by atoms with Crippen molar-refractivity contribution in [2.45, 2.75) is 84.0 Å². The summed E-state index contributed by atoms with van der Waals surface area (Å²) in [5, 5.41) is 0. The Bertz CT molecular complexity index is 206. The van der Waals surface area contributed by atoms with Gasteiger partial charge < -0.3 is 0 Å². The van der Waals surface area contributed by atoms with Crippen LogP contribution in [0.15, 0.2) is 0 Å². The molecule has 0 saturated carbocycles. The summed E-state index contributed by atoms with van der Waals surface area (Å²) in [5.74, 6) is 1.71. The summed E-state index contributed by atoms with van der Waals surface area (Å²) in [5.41, 5.74) is 0.516. The second kappa shape index (κ2) is 7.35. The maximum absolute atomic E-state index is 2.69. The summed E-state index contributed by atoms with van der Waals surface area (Å²) in [7, 11) is 0. The van der Waals surface area contributed by atoms with E-state index >= 15 is 0 Å². The van der Waals surface area contributed by atoms with Crippen molar-refractivity contribution >= 4 is 22.6 Å². The molecular weight excluding hydrogens is 319 g/mol. The van der Waals surface area contributed by atoms with Crippen LogP contribution in [-0.2, 0) is 0 Å². The van der Waals surface area contributed by atoms with Crippen LogP contribution in [-0.4, -0.2) is 3.42 Å². The van der Waals surface area contributed by atoms with Crippen LogP contribution >= 0.6 is 22.6 Å². The molecule has 0 aliphatic heterocycles. The first-order valence-electron chi connectivity index (χ1n) is 7.31. The fraction of sp³-hybridized carbons (Fsp3) is 1.00. The van der Waals surface area contributed by atoms with Crippen molar-refractivity contribution in [3.8, 4) is 0 Å². The minimum absolute atomic E-state index is 0.483. The Labute approximate surface area is 123 Å². The van der Waals surface area contributed by atoms with Gasteiger partial charge in [0, 0.05) is 3.42 Å². The van der Waals surface area contributed by atoms with E-state index in [0.29, 0.717) is 8.84 Å². The van der Waals surface area contributed by atoms with Gasteiger partial charge in [0.1, 0.15) is 0 Å². The smallest absolute Gasteiger partial charge is 0.0199 e. The molecule has 0 aromatic heterocycles. The Morgan fingerprint density at radius 1 is 0.882 bits per heavy atom. The molecule has 17 heavy (non-hydrogen) atoms. The van der Waals surface area contributed by atoms with Gasteiger partial charge in [0.05, 0.1) is 0 Å². The molecule has 104 valence electrons. The van der Waals surface area contributed by atoms with Crippen LogP contribution in [0.4, 0.5) is 0 Å². The Hall–Kier alpha value is 0.730. The van der Waals surface area contributed by atoms with Crippen LogP contribution < -0.4 is 0 Å². The average molecular weight is 352 g/mol. The van der Waals surface area contributed by atoms with Crippen LogP contribution in [0.5, 0.6) is 0 Å². The van der Waals surface area contributed by atoms with Crippen molar-refractivity contribution in [1.29, 1.82) is 0 Å². The third kappa shape index (κ3) is 8.45. The summed E-state index contributed by atoms with van der Waals surface area (Å²) in [6.45, 7) is 16.7. The van der Waals surface area contributed by atoms with Gasteiger partial charge in [-0.15, -0.1) is 0 Å². The summed E-state index contributed by atoms with van der Waals surface area (Å²) in [4.78, 5) is 0. The van der Waals surface area contributed by atoms with Crippen molar-refractivity contribution in [1.82, 2.24) is 0 Å². The zero-order chi connectivity index (χ0) is 13.7. The van der Waals surface area contributed by atoms with E-state index in [0.717, 1.165) is 11.8 Å². The summed E-state index contributed by atoms with van der Waals surface area (Å²) >= 11 is 2.69. The first-order valence-corrected chi connectivity index (χ1v) is 8.38. The first kappa shape index (κ1) is 17.7. The Balaban J connectivity index is 4.22. The van der Waals surface area contributed by atoms with E-state index in [-0.39, 0.29) is 0 Å². The summed E-state index contributed by atoms with van der Waals surface area (Å²) < 4.78 is 0.483. The molecule has 0 spiro atoms. The van der Waals surface area contributed by atoms with E-state index in [1.165, 1.54) is 32.1 Å². The van der Waals surface area contributed by atoms with E-state index < -0.39 is 0 Å². The van der Waals surface area contributed by atoms with Gasteiger partial charge in [0.25, 0.3) is 0 Å². The zero-order valence-electron chi connectivity index (χ0n) is 13.1. The van der Waals surface area contributed by atoms with E-state index in [2.05, 4.69) is 71.1 Å². The van der Waals surface area contributed by atoms with Crippen LogP contribution in [0, 0.1) is 17.3 Å². The molecule has 0 saturated heterocycles. The summed E-state index contributed by atoms with van der Waals surface area (Å²) in [6.07, 6.45) is 6.69. The lowest BCUT2D eigenvalue weighted by atomic mass is 9.77. The number of rotatable bonds is 8. The van der Waals surface area contributed by atoms with Crippen LogP contribution in [0.2, 0.25) is 0 Å². The van der Waals surface area contributed by atoms with Crippen molar-refractivity contribution in [2.24, 2.45) is 17.3 Å². The maximum Gasteiger partial charge on any atom is 0.0199 e. The van der Waals surface area contributed by atoms with Crippen molar-refractivity contribution in [3.05, 3.63) is 0 Å². The molecule has 0 aromatic rings. The molecule has 0 aliphatic rings. The molecule has 0 fully saturated rings. The van der Waals surface area contributed by atoms with Gasteiger partial charge in [0.2, 0.25) is 0 Å². The molecule has 0 N–H and O–H groups in total. The number of alkyl halides is 1. The van der Waals surface area contributed by atoms with Crippen LogP contribution in [0.25, 0.3) is 0 Å². The topological polar surface area (TPSA) is 0 Å². The first-order chi connectivity index (χ1) is 7.62. The number of hydrogen-bond acceptors (Lipinski definition) is 0. The molecule has 3 unspecified atom stereocenters. The lowest BCUT2D eigenvalue weighted by Gasteiger charge is -2.33. The molecular formula is C16H33I. The highest BCUT2D eigenvalue weighted by molar-refractivity contribution is 14.1. The van der Waals surface area contributed by atoms with Gasteiger partial charge in [-0.25, -0.2) is 0 Å². The molecule has 0 radical (unpaired) electrons. The van der Waals surface area contributed by atoms with Gasteiger partial charge in [0.15, 0.2) is 0 Å². The molecule has 0 heterocycles. The summed E-state index contributed by atoms with van der Waals surface area (Å²) in [6, 6.07) is 0. The minimum atomic E-state index is 0.483. The van der Waals surface area contributed by atoms with Gasteiger partial charge >= 0.3 is 0 Å². The second-order valence-electron chi connectivity index (χ2n) is 7.16. The van der Waals surface area contributed by atoms with E-state index in [1.54, 1.807) is 0 Å². The fourth-order valence-corrected chi connectivity index (χ4v) is 4.34. The van der Waals surface area contributed by atoms with Crippen molar-refractivity contribution < 1.29 is 0 Å². The zero-order valence-corrected chi connectivity index (χ0v) is 15.2. The van der Waals surface area contributed by atoms with Gasteiger partial charge in [-0.1, -0.05) is 83.9 Å². The molecule has 3 atom stereocenters. The molecule has 1 heteroatoms. The highest BCUT2D eigenvalue weighted by Gasteiger charge is 2.27. The van der Waals surface area contributed by atoms with Crippen molar-refractivity contribution in [2.75, 3.05) is 0 Å². The highest BCUT2D eigenvalue weighted by Crippen LogP contribution is 2.38. The van der Waals surface area contributed by atoms with Gasteiger partial charge in [-0.3, -0.25) is 0 Å². The third-order valence-electron chi connectivity index (χ3n) is 4.10.